The van der Waals surface area contributed by atoms with E-state index >= 15 is 0 Å². The SMILES string of the molecule is CC#CCN(Cc1c(OC)cc(OC)cc1OC)[C@@H](Cc1ccccc1)C(=O)O. The molecule has 0 heterocycles. The van der Waals surface area contributed by atoms with E-state index in [0.29, 0.717) is 36.8 Å². The average molecular weight is 397 g/mol. The second-order valence-electron chi connectivity index (χ2n) is 6.39. The number of rotatable bonds is 10. The fourth-order valence-corrected chi connectivity index (χ4v) is 3.10. The van der Waals surface area contributed by atoms with Crippen molar-refractivity contribution >= 4 is 5.97 Å². The molecular formula is C23H27NO5. The summed E-state index contributed by atoms with van der Waals surface area (Å²) in [7, 11) is 4.69. The smallest absolute Gasteiger partial charge is 0.321 e. The normalized spacial score (nSPS) is 11.3. The van der Waals surface area contributed by atoms with Gasteiger partial charge in [0.25, 0.3) is 0 Å². The summed E-state index contributed by atoms with van der Waals surface area (Å²) in [5.41, 5.74) is 1.69. The largest absolute Gasteiger partial charge is 0.496 e. The number of nitrogens with zero attached hydrogens (tertiary/aromatic N) is 1. The van der Waals surface area contributed by atoms with Gasteiger partial charge in [0, 0.05) is 18.7 Å². The van der Waals surface area contributed by atoms with Crippen molar-refractivity contribution in [3.05, 3.63) is 53.6 Å². The quantitative estimate of drug-likeness (QED) is 0.621. The number of carboxylic acids is 1. The maximum atomic E-state index is 12.1. The average Bonchev–Trinajstić information content (AvgIpc) is 2.75. The molecule has 0 bridgehead atoms. The van der Waals surface area contributed by atoms with Gasteiger partial charge in [-0.3, -0.25) is 9.69 Å². The molecule has 6 heteroatoms. The van der Waals surface area contributed by atoms with Crippen LogP contribution in [0.25, 0.3) is 0 Å². The predicted octanol–water partition coefficient (Wildman–Crippen LogP) is 3.23. The summed E-state index contributed by atoms with van der Waals surface area (Å²) in [4.78, 5) is 14.0. The molecule has 0 aliphatic heterocycles. The standard InChI is InChI=1S/C23H27NO5/c1-5-6-12-24(20(23(25)26)13-17-10-8-7-9-11-17)16-19-21(28-3)14-18(27-2)15-22(19)29-4/h7-11,14-15,20H,12-13,16H2,1-4H3,(H,25,26)/t20-/m0/s1. The third-order valence-electron chi connectivity index (χ3n) is 4.63. The molecule has 2 aromatic rings. The van der Waals surface area contributed by atoms with Crippen molar-refractivity contribution in [2.45, 2.75) is 25.9 Å². The van der Waals surface area contributed by atoms with E-state index in [4.69, 9.17) is 14.2 Å². The topological polar surface area (TPSA) is 68.2 Å². The minimum Gasteiger partial charge on any atom is -0.496 e. The fraction of sp³-hybridized carbons (Fsp3) is 0.348. The molecule has 0 aliphatic carbocycles. The van der Waals surface area contributed by atoms with Gasteiger partial charge in [0.05, 0.1) is 33.4 Å². The molecule has 2 aromatic carbocycles. The lowest BCUT2D eigenvalue weighted by molar-refractivity contribution is -0.143. The van der Waals surface area contributed by atoms with E-state index in [0.717, 1.165) is 11.1 Å². The number of hydrogen-bond donors (Lipinski definition) is 1. The third kappa shape index (κ3) is 5.90. The zero-order chi connectivity index (χ0) is 21.2. The summed E-state index contributed by atoms with van der Waals surface area (Å²) in [6, 6.07) is 12.3. The van der Waals surface area contributed by atoms with E-state index in [-0.39, 0.29) is 0 Å². The zero-order valence-corrected chi connectivity index (χ0v) is 17.3. The van der Waals surface area contributed by atoms with Gasteiger partial charge in [0.1, 0.15) is 23.3 Å². The van der Waals surface area contributed by atoms with Crippen LogP contribution in [-0.4, -0.2) is 49.9 Å². The lowest BCUT2D eigenvalue weighted by Gasteiger charge is -2.28. The van der Waals surface area contributed by atoms with Gasteiger partial charge in [-0.05, 0) is 18.9 Å². The number of ether oxygens (including phenoxy) is 3. The number of carboxylic acid groups (broad SMARTS) is 1. The van der Waals surface area contributed by atoms with Crippen LogP contribution in [-0.2, 0) is 17.8 Å². The molecule has 0 fully saturated rings. The van der Waals surface area contributed by atoms with Crippen LogP contribution in [0.4, 0.5) is 0 Å². The first-order valence-corrected chi connectivity index (χ1v) is 9.23. The van der Waals surface area contributed by atoms with Crippen LogP contribution in [0.2, 0.25) is 0 Å². The lowest BCUT2D eigenvalue weighted by Crippen LogP contribution is -2.42. The summed E-state index contributed by atoms with van der Waals surface area (Å²) in [6.07, 6.45) is 0.363. The summed E-state index contributed by atoms with van der Waals surface area (Å²) >= 11 is 0. The molecule has 0 radical (unpaired) electrons. The van der Waals surface area contributed by atoms with E-state index in [9.17, 15) is 9.90 Å². The van der Waals surface area contributed by atoms with Crippen LogP contribution in [0.3, 0.4) is 0 Å². The van der Waals surface area contributed by atoms with Crippen molar-refractivity contribution in [3.63, 3.8) is 0 Å². The maximum Gasteiger partial charge on any atom is 0.321 e. The molecule has 0 spiro atoms. The van der Waals surface area contributed by atoms with Crippen molar-refractivity contribution < 1.29 is 24.1 Å². The second kappa shape index (κ2) is 11.0. The Hall–Kier alpha value is -3.17. The first kappa shape index (κ1) is 22.1. The van der Waals surface area contributed by atoms with Gasteiger partial charge in [-0.1, -0.05) is 36.3 Å². The van der Waals surface area contributed by atoms with Gasteiger partial charge in [-0.2, -0.15) is 0 Å². The Morgan fingerprint density at radius 1 is 1.07 bits per heavy atom. The highest BCUT2D eigenvalue weighted by Crippen LogP contribution is 2.35. The maximum absolute atomic E-state index is 12.1. The van der Waals surface area contributed by atoms with E-state index in [2.05, 4.69) is 11.8 Å². The Balaban J connectivity index is 2.43. The second-order valence-corrected chi connectivity index (χ2v) is 6.39. The molecule has 0 aromatic heterocycles. The lowest BCUT2D eigenvalue weighted by atomic mass is 10.0. The summed E-state index contributed by atoms with van der Waals surface area (Å²) in [6.45, 7) is 2.34. The highest BCUT2D eigenvalue weighted by Gasteiger charge is 2.28. The molecule has 0 amide bonds. The Bertz CT molecular complexity index is 845. The van der Waals surface area contributed by atoms with Crippen molar-refractivity contribution in [2.24, 2.45) is 0 Å². The molecular weight excluding hydrogens is 370 g/mol. The Morgan fingerprint density at radius 2 is 1.69 bits per heavy atom. The highest BCUT2D eigenvalue weighted by molar-refractivity contribution is 5.74. The summed E-state index contributed by atoms with van der Waals surface area (Å²) in [5.74, 6) is 6.68. The van der Waals surface area contributed by atoms with Gasteiger partial charge in [0.15, 0.2) is 0 Å². The molecule has 0 saturated carbocycles. The first-order valence-electron chi connectivity index (χ1n) is 9.23. The Morgan fingerprint density at radius 3 is 2.17 bits per heavy atom. The number of hydrogen-bond acceptors (Lipinski definition) is 5. The van der Waals surface area contributed by atoms with Gasteiger partial charge in [0.2, 0.25) is 0 Å². The van der Waals surface area contributed by atoms with Gasteiger partial charge in [-0.15, -0.1) is 5.92 Å². The number of carbonyl (C=O) groups is 1. The third-order valence-corrected chi connectivity index (χ3v) is 4.63. The Kier molecular flexibility index (Phi) is 8.38. The highest BCUT2D eigenvalue weighted by atomic mass is 16.5. The van der Waals surface area contributed by atoms with E-state index in [1.54, 1.807) is 40.4 Å². The van der Waals surface area contributed by atoms with E-state index in [1.165, 1.54) is 0 Å². The monoisotopic (exact) mass is 397 g/mol. The number of benzene rings is 2. The van der Waals surface area contributed by atoms with E-state index < -0.39 is 12.0 Å². The minimum absolute atomic E-state index is 0.300. The molecule has 1 N–H and O–H groups in total. The fourth-order valence-electron chi connectivity index (χ4n) is 3.10. The predicted molar refractivity (Wildman–Crippen MR) is 112 cm³/mol. The van der Waals surface area contributed by atoms with Crippen LogP contribution in [0.5, 0.6) is 17.2 Å². The van der Waals surface area contributed by atoms with Crippen LogP contribution in [0.1, 0.15) is 18.1 Å². The first-order chi connectivity index (χ1) is 14.0. The molecule has 154 valence electrons. The van der Waals surface area contributed by atoms with Crippen LogP contribution >= 0.6 is 0 Å². The minimum atomic E-state index is -0.904. The molecule has 29 heavy (non-hydrogen) atoms. The molecule has 2 rings (SSSR count). The van der Waals surface area contributed by atoms with Crippen LogP contribution < -0.4 is 14.2 Å². The van der Waals surface area contributed by atoms with Gasteiger partial charge in [-0.25, -0.2) is 0 Å². The zero-order valence-electron chi connectivity index (χ0n) is 17.3. The molecule has 0 unspecified atom stereocenters. The number of methoxy groups -OCH3 is 3. The van der Waals surface area contributed by atoms with E-state index in [1.807, 2.05) is 35.2 Å². The Labute approximate surface area is 172 Å². The van der Waals surface area contributed by atoms with Crippen molar-refractivity contribution in [1.82, 2.24) is 4.90 Å². The molecule has 0 saturated heterocycles. The summed E-state index contributed by atoms with van der Waals surface area (Å²) in [5, 5.41) is 9.95. The van der Waals surface area contributed by atoms with Gasteiger partial charge < -0.3 is 19.3 Å². The summed E-state index contributed by atoms with van der Waals surface area (Å²) < 4.78 is 16.3. The van der Waals surface area contributed by atoms with Crippen molar-refractivity contribution in [2.75, 3.05) is 27.9 Å². The van der Waals surface area contributed by atoms with Crippen LogP contribution in [0.15, 0.2) is 42.5 Å². The number of aliphatic carboxylic acids is 1. The van der Waals surface area contributed by atoms with Gasteiger partial charge >= 0.3 is 5.97 Å². The van der Waals surface area contributed by atoms with Crippen molar-refractivity contribution in [3.8, 4) is 29.1 Å². The van der Waals surface area contributed by atoms with Crippen molar-refractivity contribution in [1.29, 1.82) is 0 Å². The van der Waals surface area contributed by atoms with Crippen LogP contribution in [0, 0.1) is 11.8 Å². The molecule has 1 atom stereocenters. The molecule has 6 nitrogen and oxygen atoms in total. The molecule has 0 aliphatic rings.